The summed E-state index contributed by atoms with van der Waals surface area (Å²) in [6, 6.07) is -0.617. The molecule has 8 nitrogen and oxygen atoms in total. The summed E-state index contributed by atoms with van der Waals surface area (Å²) >= 11 is 0. The summed E-state index contributed by atoms with van der Waals surface area (Å²) < 4.78 is 17.3. The standard InChI is InChI=1S/C51H93NO7/c1-6-8-10-12-14-16-18-20-22-23-24-25-26-28-30-32-34-36-38-40-42-50(54)59-47(45-57-44-43-48(51(55)56)52(3,4)5)46-58-49(53)41-39-37-35-33-31-29-27-21-19-17-15-13-11-9-7-2/h15,17,19,21,24-25,47-48H,6-14,16,18,20,22-23,26-46H2,1-5H3/p+1/b17-15+,21-19+,25-24+. The van der Waals surface area contributed by atoms with Crippen molar-refractivity contribution in [3.63, 3.8) is 0 Å². The number of carbonyl (C=O) groups is 3. The molecule has 8 heteroatoms. The Balaban J connectivity index is 4.28. The lowest BCUT2D eigenvalue weighted by Gasteiger charge is -2.31. The second-order valence-corrected chi connectivity index (χ2v) is 17.7. The normalized spacial score (nSPS) is 13.2. The van der Waals surface area contributed by atoms with Gasteiger partial charge in [0.15, 0.2) is 12.1 Å². The number of allylic oxidation sites excluding steroid dienone is 6. The fourth-order valence-corrected chi connectivity index (χ4v) is 7.20. The van der Waals surface area contributed by atoms with Gasteiger partial charge in [0.1, 0.15) is 6.61 Å². The lowest BCUT2D eigenvalue weighted by Crippen LogP contribution is -2.50. The van der Waals surface area contributed by atoms with E-state index in [1.54, 1.807) is 0 Å². The van der Waals surface area contributed by atoms with Crippen LogP contribution in [-0.2, 0) is 28.6 Å². The molecule has 0 aromatic heterocycles. The lowest BCUT2D eigenvalue weighted by molar-refractivity contribution is -0.887. The van der Waals surface area contributed by atoms with Crippen molar-refractivity contribution in [1.82, 2.24) is 0 Å². The van der Waals surface area contributed by atoms with E-state index in [2.05, 4.69) is 50.3 Å². The van der Waals surface area contributed by atoms with Crippen molar-refractivity contribution in [1.29, 1.82) is 0 Å². The maximum Gasteiger partial charge on any atom is 0.362 e. The van der Waals surface area contributed by atoms with Gasteiger partial charge in [0.25, 0.3) is 0 Å². The monoisotopic (exact) mass is 833 g/mol. The number of hydrogen-bond acceptors (Lipinski definition) is 6. The minimum absolute atomic E-state index is 0.0569. The summed E-state index contributed by atoms with van der Waals surface area (Å²) in [6.45, 7) is 4.71. The average molecular weight is 833 g/mol. The Morgan fingerprint density at radius 2 is 0.898 bits per heavy atom. The molecule has 0 aromatic carbocycles. The minimum atomic E-state index is -0.876. The molecule has 0 rings (SSSR count). The van der Waals surface area contributed by atoms with Gasteiger partial charge in [0, 0.05) is 19.3 Å². The topological polar surface area (TPSA) is 99.1 Å². The van der Waals surface area contributed by atoms with Crippen molar-refractivity contribution in [2.45, 2.75) is 231 Å². The number of aliphatic carboxylic acids is 1. The number of hydrogen-bond donors (Lipinski definition) is 1. The summed E-state index contributed by atoms with van der Waals surface area (Å²) in [7, 11) is 5.53. The zero-order chi connectivity index (χ0) is 43.5. The van der Waals surface area contributed by atoms with E-state index in [4.69, 9.17) is 14.2 Å². The third-order valence-electron chi connectivity index (χ3n) is 11.0. The summed E-state index contributed by atoms with van der Waals surface area (Å²) in [5.41, 5.74) is 0. The van der Waals surface area contributed by atoms with Crippen LogP contribution in [-0.4, -0.2) is 80.6 Å². The second-order valence-electron chi connectivity index (χ2n) is 17.7. The smallest absolute Gasteiger partial charge is 0.362 e. The van der Waals surface area contributed by atoms with Gasteiger partial charge in [-0.1, -0.05) is 172 Å². The van der Waals surface area contributed by atoms with Crippen LogP contribution < -0.4 is 0 Å². The first-order chi connectivity index (χ1) is 28.6. The van der Waals surface area contributed by atoms with E-state index in [-0.39, 0.29) is 36.2 Å². The number of esters is 2. The maximum atomic E-state index is 12.8. The van der Waals surface area contributed by atoms with Crippen molar-refractivity contribution in [3.05, 3.63) is 36.5 Å². The molecule has 0 aliphatic heterocycles. The van der Waals surface area contributed by atoms with Crippen LogP contribution in [0.2, 0.25) is 0 Å². The van der Waals surface area contributed by atoms with E-state index in [1.165, 1.54) is 141 Å². The average Bonchev–Trinajstić information content (AvgIpc) is 3.19. The molecule has 0 aliphatic rings. The molecular formula is C51H94NO7+. The highest BCUT2D eigenvalue weighted by Gasteiger charge is 2.31. The van der Waals surface area contributed by atoms with Crippen molar-refractivity contribution in [3.8, 4) is 0 Å². The highest BCUT2D eigenvalue weighted by Crippen LogP contribution is 2.15. The molecule has 0 spiro atoms. The first-order valence-electron chi connectivity index (χ1n) is 24.5. The van der Waals surface area contributed by atoms with Crippen LogP contribution >= 0.6 is 0 Å². The van der Waals surface area contributed by atoms with Gasteiger partial charge in [-0.05, 0) is 64.2 Å². The number of likely N-dealkylation sites (N-methyl/N-ethyl adjacent to an activating group) is 1. The Kier molecular flexibility index (Phi) is 40.5. The Labute approximate surface area is 364 Å². The Bertz CT molecular complexity index is 1060. The van der Waals surface area contributed by atoms with Gasteiger partial charge in [-0.25, -0.2) is 4.79 Å². The van der Waals surface area contributed by atoms with E-state index in [0.29, 0.717) is 19.3 Å². The summed E-state index contributed by atoms with van der Waals surface area (Å²) in [5.74, 6) is -1.48. The fraction of sp³-hybridized carbons (Fsp3) is 0.824. The summed E-state index contributed by atoms with van der Waals surface area (Å²) in [4.78, 5) is 37.1. The van der Waals surface area contributed by atoms with E-state index in [9.17, 15) is 19.5 Å². The highest BCUT2D eigenvalue weighted by molar-refractivity contribution is 5.72. The molecule has 59 heavy (non-hydrogen) atoms. The number of unbranched alkanes of at least 4 members (excludes halogenated alkanes) is 25. The van der Waals surface area contributed by atoms with Gasteiger partial charge in [-0.2, -0.15) is 0 Å². The molecule has 0 fully saturated rings. The number of carboxylic acids is 1. The largest absolute Gasteiger partial charge is 0.477 e. The number of rotatable bonds is 44. The molecule has 0 aromatic rings. The minimum Gasteiger partial charge on any atom is -0.477 e. The number of nitrogens with zero attached hydrogens (tertiary/aromatic N) is 1. The van der Waals surface area contributed by atoms with Crippen molar-refractivity contribution < 1.29 is 38.2 Å². The Hall–Kier alpha value is -2.45. The van der Waals surface area contributed by atoms with Crippen LogP contribution in [0.25, 0.3) is 0 Å². The summed E-state index contributed by atoms with van der Waals surface area (Å²) in [6.07, 6.45) is 49.0. The number of ether oxygens (including phenoxy) is 3. The van der Waals surface area contributed by atoms with Gasteiger partial charge in [-0.15, -0.1) is 0 Å². The van der Waals surface area contributed by atoms with Gasteiger partial charge in [0.05, 0.1) is 34.4 Å². The van der Waals surface area contributed by atoms with Crippen LogP contribution in [0.5, 0.6) is 0 Å². The molecule has 0 bridgehead atoms. The Morgan fingerprint density at radius 3 is 1.36 bits per heavy atom. The fourth-order valence-electron chi connectivity index (χ4n) is 7.20. The number of carboxylic acid groups (broad SMARTS) is 1. The predicted molar refractivity (Wildman–Crippen MR) is 248 cm³/mol. The third-order valence-corrected chi connectivity index (χ3v) is 11.0. The van der Waals surface area contributed by atoms with Crippen molar-refractivity contribution in [2.24, 2.45) is 0 Å². The SMILES string of the molecule is CCCCC/C=C/C=C/CCCCCCCCC(=O)OCC(COCCC(C(=O)O)[N+](C)(C)C)OC(=O)CCCCCCCCC/C=C/CCCCCCCCCCC. The van der Waals surface area contributed by atoms with Gasteiger partial charge < -0.3 is 23.8 Å². The molecule has 2 atom stereocenters. The lowest BCUT2D eigenvalue weighted by atomic mass is 10.1. The van der Waals surface area contributed by atoms with Gasteiger partial charge >= 0.3 is 17.9 Å². The zero-order valence-electron chi connectivity index (χ0n) is 39.2. The number of carbonyl (C=O) groups excluding carboxylic acids is 2. The van der Waals surface area contributed by atoms with Crippen LogP contribution in [0.15, 0.2) is 36.5 Å². The molecule has 0 saturated heterocycles. The number of quaternary nitrogens is 1. The molecule has 0 aliphatic carbocycles. The third kappa shape index (κ3) is 40.7. The molecule has 0 saturated carbocycles. The van der Waals surface area contributed by atoms with Crippen LogP contribution in [0.1, 0.15) is 219 Å². The van der Waals surface area contributed by atoms with E-state index >= 15 is 0 Å². The second kappa shape index (κ2) is 42.2. The van der Waals surface area contributed by atoms with E-state index in [0.717, 1.165) is 44.9 Å². The zero-order valence-corrected chi connectivity index (χ0v) is 39.2. The molecule has 0 amide bonds. The first-order valence-corrected chi connectivity index (χ1v) is 24.5. The van der Waals surface area contributed by atoms with Crippen molar-refractivity contribution >= 4 is 17.9 Å². The van der Waals surface area contributed by atoms with Crippen molar-refractivity contribution in [2.75, 3.05) is 41.0 Å². The predicted octanol–water partition coefficient (Wildman–Crippen LogP) is 13.8. The van der Waals surface area contributed by atoms with Crippen LogP contribution in [0.3, 0.4) is 0 Å². The first kappa shape index (κ1) is 56.5. The van der Waals surface area contributed by atoms with Crippen LogP contribution in [0, 0.1) is 0 Å². The Morgan fingerprint density at radius 1 is 0.508 bits per heavy atom. The molecule has 0 radical (unpaired) electrons. The maximum absolute atomic E-state index is 12.8. The molecule has 1 N–H and O–H groups in total. The van der Waals surface area contributed by atoms with E-state index in [1.807, 2.05) is 21.1 Å². The molecule has 344 valence electrons. The highest BCUT2D eigenvalue weighted by atomic mass is 16.6. The quantitative estimate of drug-likeness (QED) is 0.0215. The van der Waals surface area contributed by atoms with Gasteiger partial charge in [-0.3, -0.25) is 9.59 Å². The van der Waals surface area contributed by atoms with Crippen LogP contribution in [0.4, 0.5) is 0 Å². The molecule has 2 unspecified atom stereocenters. The van der Waals surface area contributed by atoms with Gasteiger partial charge in [0.2, 0.25) is 0 Å². The van der Waals surface area contributed by atoms with E-state index < -0.39 is 18.1 Å². The summed E-state index contributed by atoms with van der Waals surface area (Å²) in [5, 5.41) is 9.64. The molecular weight excluding hydrogens is 739 g/mol. The molecule has 0 heterocycles.